The molecule has 2 heterocycles. The summed E-state index contributed by atoms with van der Waals surface area (Å²) in [6.45, 7) is 0.488. The number of aliphatic carboxylic acids is 1. The minimum Gasteiger partial charge on any atom is -0.480 e. The molecule has 7 heteroatoms. The molecule has 0 radical (unpaired) electrons. The van der Waals surface area contributed by atoms with Crippen molar-refractivity contribution >= 4 is 23.2 Å². The van der Waals surface area contributed by atoms with Gasteiger partial charge in [0.15, 0.2) is 0 Å². The topological polar surface area (TPSA) is 70.5 Å². The highest BCUT2D eigenvalue weighted by atomic mass is 32.1. The van der Waals surface area contributed by atoms with Crippen LogP contribution >= 0.6 is 11.3 Å². The van der Waals surface area contributed by atoms with Gasteiger partial charge in [0, 0.05) is 18.3 Å². The number of carboxylic acids is 1. The minimum atomic E-state index is -0.941. The maximum absolute atomic E-state index is 12.9. The Morgan fingerprint density at radius 1 is 1.28 bits per heavy atom. The molecule has 132 valence electrons. The molecule has 1 aliphatic rings. The van der Waals surface area contributed by atoms with E-state index in [1.165, 1.54) is 28.4 Å². The van der Waals surface area contributed by atoms with Gasteiger partial charge in [-0.15, -0.1) is 11.3 Å². The van der Waals surface area contributed by atoms with Crippen molar-refractivity contribution in [3.8, 4) is 0 Å². The molecule has 25 heavy (non-hydrogen) atoms. The van der Waals surface area contributed by atoms with Crippen LogP contribution < -0.4 is 0 Å². The number of carbonyl (C=O) groups is 2. The van der Waals surface area contributed by atoms with Crippen molar-refractivity contribution in [3.63, 3.8) is 0 Å². The van der Waals surface area contributed by atoms with Crippen molar-refractivity contribution in [1.29, 1.82) is 0 Å². The number of piperidine rings is 1. The molecule has 0 aliphatic carbocycles. The number of hydrogen-bond acceptors (Lipinski definition) is 4. The van der Waals surface area contributed by atoms with Crippen molar-refractivity contribution in [2.24, 2.45) is 0 Å². The van der Waals surface area contributed by atoms with Gasteiger partial charge < -0.3 is 10.0 Å². The van der Waals surface area contributed by atoms with Gasteiger partial charge in [-0.2, -0.15) is 0 Å². The van der Waals surface area contributed by atoms with Gasteiger partial charge in [0.05, 0.1) is 17.1 Å². The van der Waals surface area contributed by atoms with Crippen LogP contribution in [0.5, 0.6) is 0 Å². The van der Waals surface area contributed by atoms with E-state index in [-0.39, 0.29) is 18.1 Å². The van der Waals surface area contributed by atoms with E-state index in [2.05, 4.69) is 4.98 Å². The van der Waals surface area contributed by atoms with Gasteiger partial charge >= 0.3 is 5.97 Å². The van der Waals surface area contributed by atoms with Crippen LogP contribution in [0, 0.1) is 5.82 Å². The molecule has 1 fully saturated rings. The summed E-state index contributed by atoms with van der Waals surface area (Å²) in [6.07, 6.45) is 2.87. The predicted octanol–water partition coefficient (Wildman–Crippen LogP) is 2.88. The molecule has 0 spiro atoms. The molecular weight excluding hydrogens is 343 g/mol. The fourth-order valence-electron chi connectivity index (χ4n) is 3.03. The molecule has 5 nitrogen and oxygen atoms in total. The second kappa shape index (κ2) is 7.74. The molecule has 0 unspecified atom stereocenters. The molecule has 1 aliphatic heterocycles. The Kier molecular flexibility index (Phi) is 5.43. The number of amides is 1. The van der Waals surface area contributed by atoms with Gasteiger partial charge in [-0.1, -0.05) is 12.1 Å². The summed E-state index contributed by atoms with van der Waals surface area (Å²) >= 11 is 1.45. The first kappa shape index (κ1) is 17.5. The fraction of sp³-hybridized carbons (Fsp3) is 0.389. The zero-order valence-corrected chi connectivity index (χ0v) is 14.5. The van der Waals surface area contributed by atoms with Crippen LogP contribution in [0.3, 0.4) is 0 Å². The highest BCUT2D eigenvalue weighted by molar-refractivity contribution is 7.09. The van der Waals surface area contributed by atoms with Crippen molar-refractivity contribution in [1.82, 2.24) is 9.88 Å². The summed E-state index contributed by atoms with van der Waals surface area (Å²) < 4.78 is 12.9. The van der Waals surface area contributed by atoms with Gasteiger partial charge in [-0.05, 0) is 37.0 Å². The van der Waals surface area contributed by atoms with Crippen LogP contribution in [0.15, 0.2) is 29.6 Å². The lowest BCUT2D eigenvalue weighted by atomic mass is 10.0. The van der Waals surface area contributed by atoms with Crippen LogP contribution in [0.1, 0.15) is 35.5 Å². The number of thiazole rings is 1. The Morgan fingerprint density at radius 2 is 2.04 bits per heavy atom. The van der Waals surface area contributed by atoms with E-state index in [9.17, 15) is 19.1 Å². The number of halogens is 1. The summed E-state index contributed by atoms with van der Waals surface area (Å²) in [7, 11) is 0. The number of likely N-dealkylation sites (tertiary alicyclic amines) is 1. The summed E-state index contributed by atoms with van der Waals surface area (Å²) in [5.41, 5.74) is 1.61. The number of aromatic nitrogens is 1. The second-order valence-electron chi connectivity index (χ2n) is 6.15. The van der Waals surface area contributed by atoms with E-state index in [4.69, 9.17) is 0 Å². The molecular formula is C18H19FN2O3S. The van der Waals surface area contributed by atoms with Crippen LogP contribution in [0.25, 0.3) is 0 Å². The molecule has 1 atom stereocenters. The van der Waals surface area contributed by atoms with E-state index in [0.29, 0.717) is 25.1 Å². The van der Waals surface area contributed by atoms with E-state index in [0.717, 1.165) is 23.4 Å². The number of hydrogen-bond donors (Lipinski definition) is 1. The Labute approximate surface area is 149 Å². The predicted molar refractivity (Wildman–Crippen MR) is 92.0 cm³/mol. The van der Waals surface area contributed by atoms with Crippen LogP contribution in [0.2, 0.25) is 0 Å². The van der Waals surface area contributed by atoms with Gasteiger partial charge in [0.1, 0.15) is 11.9 Å². The number of rotatable bonds is 5. The van der Waals surface area contributed by atoms with Crippen LogP contribution in [-0.4, -0.2) is 39.5 Å². The van der Waals surface area contributed by atoms with Crippen LogP contribution in [-0.2, 0) is 22.4 Å². The SMILES string of the molecule is O=C(O)[C@H]1CCCCN1C(=O)Cc1csc(Cc2ccc(F)cc2)n1. The maximum Gasteiger partial charge on any atom is 0.326 e. The van der Waals surface area contributed by atoms with Gasteiger partial charge in [0.2, 0.25) is 5.91 Å². The summed E-state index contributed by atoms with van der Waals surface area (Å²) in [6, 6.07) is 5.53. The Bertz CT molecular complexity index is 760. The summed E-state index contributed by atoms with van der Waals surface area (Å²) in [5, 5.41) is 12.0. The van der Waals surface area contributed by atoms with Crippen molar-refractivity contribution < 1.29 is 19.1 Å². The van der Waals surface area contributed by atoms with Crippen molar-refractivity contribution in [2.75, 3.05) is 6.54 Å². The van der Waals surface area contributed by atoms with E-state index in [1.807, 2.05) is 5.38 Å². The van der Waals surface area contributed by atoms with Crippen LogP contribution in [0.4, 0.5) is 4.39 Å². The highest BCUT2D eigenvalue weighted by Gasteiger charge is 2.31. The molecule has 1 aromatic heterocycles. The summed E-state index contributed by atoms with van der Waals surface area (Å²) in [4.78, 5) is 29.7. The third-order valence-electron chi connectivity index (χ3n) is 4.31. The zero-order chi connectivity index (χ0) is 17.8. The third-order valence-corrected chi connectivity index (χ3v) is 5.21. The average Bonchev–Trinajstić information content (AvgIpc) is 3.03. The highest BCUT2D eigenvalue weighted by Crippen LogP contribution is 2.20. The van der Waals surface area contributed by atoms with E-state index < -0.39 is 12.0 Å². The number of nitrogens with zero attached hydrogens (tertiary/aromatic N) is 2. The lowest BCUT2D eigenvalue weighted by molar-refractivity contribution is -0.151. The Morgan fingerprint density at radius 3 is 2.76 bits per heavy atom. The molecule has 0 bridgehead atoms. The largest absolute Gasteiger partial charge is 0.480 e. The van der Waals surface area contributed by atoms with Gasteiger partial charge in [0.25, 0.3) is 0 Å². The molecule has 1 aromatic carbocycles. The van der Waals surface area contributed by atoms with E-state index in [1.54, 1.807) is 12.1 Å². The quantitative estimate of drug-likeness (QED) is 0.888. The number of carbonyl (C=O) groups excluding carboxylic acids is 1. The van der Waals surface area contributed by atoms with E-state index >= 15 is 0 Å². The first-order valence-corrected chi connectivity index (χ1v) is 9.11. The molecule has 1 amide bonds. The monoisotopic (exact) mass is 362 g/mol. The van der Waals surface area contributed by atoms with Crippen molar-refractivity contribution in [3.05, 3.63) is 51.7 Å². The Hall–Kier alpha value is -2.28. The van der Waals surface area contributed by atoms with Crippen molar-refractivity contribution in [2.45, 2.75) is 38.1 Å². The molecule has 1 N–H and O–H groups in total. The number of benzene rings is 1. The standard InChI is InChI=1S/C18H19FN2O3S/c19-13-6-4-12(5-7-13)9-16-20-14(11-25-16)10-17(22)21-8-2-1-3-15(21)18(23)24/h4-7,11,15H,1-3,8-10H2,(H,23,24)/t15-/m1/s1. The average molecular weight is 362 g/mol. The first-order chi connectivity index (χ1) is 12.0. The normalized spacial score (nSPS) is 17.5. The molecule has 2 aromatic rings. The third kappa shape index (κ3) is 4.42. The lowest BCUT2D eigenvalue weighted by Gasteiger charge is -2.32. The smallest absolute Gasteiger partial charge is 0.326 e. The van der Waals surface area contributed by atoms with Gasteiger partial charge in [-0.3, -0.25) is 4.79 Å². The Balaban J connectivity index is 1.63. The first-order valence-electron chi connectivity index (χ1n) is 8.23. The zero-order valence-electron chi connectivity index (χ0n) is 13.7. The second-order valence-corrected chi connectivity index (χ2v) is 7.09. The minimum absolute atomic E-state index is 0.115. The molecule has 0 saturated carbocycles. The fourth-order valence-corrected chi connectivity index (χ4v) is 3.86. The lowest BCUT2D eigenvalue weighted by Crippen LogP contribution is -2.48. The maximum atomic E-state index is 12.9. The number of carboxylic acid groups (broad SMARTS) is 1. The molecule has 3 rings (SSSR count). The van der Waals surface area contributed by atoms with Gasteiger partial charge in [-0.25, -0.2) is 14.2 Å². The summed E-state index contributed by atoms with van der Waals surface area (Å²) in [5.74, 6) is -1.40. The molecule has 1 saturated heterocycles.